The molecule has 4 rings (SSSR count). The number of fused-ring (bicyclic) bond motifs is 1. The molecule has 0 spiro atoms. The van der Waals surface area contributed by atoms with E-state index in [2.05, 4.69) is 4.98 Å². The molecule has 2 heterocycles. The van der Waals surface area contributed by atoms with Crippen molar-refractivity contribution in [2.45, 2.75) is 13.5 Å². The summed E-state index contributed by atoms with van der Waals surface area (Å²) < 4.78 is 3.57. The van der Waals surface area contributed by atoms with Gasteiger partial charge < -0.3 is 0 Å². The van der Waals surface area contributed by atoms with Crippen molar-refractivity contribution in [3.05, 3.63) is 92.3 Å². The van der Waals surface area contributed by atoms with Crippen molar-refractivity contribution in [1.82, 2.24) is 18.7 Å². The van der Waals surface area contributed by atoms with E-state index in [9.17, 15) is 14.4 Å². The number of halogens is 1. The summed E-state index contributed by atoms with van der Waals surface area (Å²) in [5, 5.41) is 0.515. The lowest BCUT2D eigenvalue weighted by Crippen LogP contribution is -2.40. The molecule has 8 heteroatoms. The molecule has 0 aliphatic carbocycles. The molecule has 7 nitrogen and oxygen atoms in total. The molecule has 0 N–H and O–H groups in total. The average molecular weight is 395 g/mol. The van der Waals surface area contributed by atoms with Crippen molar-refractivity contribution in [3.63, 3.8) is 0 Å². The Morgan fingerprint density at radius 1 is 1.04 bits per heavy atom. The summed E-state index contributed by atoms with van der Waals surface area (Å²) in [7, 11) is 0. The lowest BCUT2D eigenvalue weighted by atomic mass is 10.2. The predicted molar refractivity (Wildman–Crippen MR) is 106 cm³/mol. The van der Waals surface area contributed by atoms with Crippen molar-refractivity contribution in [1.29, 1.82) is 0 Å². The number of nitrogens with zero attached hydrogens (tertiary/aromatic N) is 4. The summed E-state index contributed by atoms with van der Waals surface area (Å²) in [6.07, 6.45) is 1.27. The van der Waals surface area contributed by atoms with Gasteiger partial charge in [-0.3, -0.25) is 18.7 Å². The van der Waals surface area contributed by atoms with Crippen LogP contribution in [0.3, 0.4) is 0 Å². The van der Waals surface area contributed by atoms with Gasteiger partial charge in [0.25, 0.3) is 11.5 Å². The number of benzene rings is 2. The van der Waals surface area contributed by atoms with Crippen molar-refractivity contribution in [2.24, 2.45) is 0 Å². The van der Waals surface area contributed by atoms with Gasteiger partial charge in [-0.2, -0.15) is 0 Å². The Bertz CT molecular complexity index is 1300. The minimum atomic E-state index is -0.561. The zero-order valence-corrected chi connectivity index (χ0v) is 15.6. The van der Waals surface area contributed by atoms with Crippen LogP contribution >= 0.6 is 11.6 Å². The Kier molecular flexibility index (Phi) is 4.44. The summed E-state index contributed by atoms with van der Waals surface area (Å²) in [6.45, 7) is 1.85. The van der Waals surface area contributed by atoms with E-state index in [-0.39, 0.29) is 17.7 Å². The maximum Gasteiger partial charge on any atom is 0.337 e. The second kappa shape index (κ2) is 6.94. The number of rotatable bonds is 3. The van der Waals surface area contributed by atoms with Gasteiger partial charge >= 0.3 is 5.69 Å². The zero-order valence-electron chi connectivity index (χ0n) is 14.9. The van der Waals surface area contributed by atoms with E-state index >= 15 is 0 Å². The summed E-state index contributed by atoms with van der Waals surface area (Å²) in [5.74, 6) is -0.399. The lowest BCUT2D eigenvalue weighted by Gasteiger charge is -2.11. The third-order valence-electron chi connectivity index (χ3n) is 4.47. The van der Waals surface area contributed by atoms with Crippen LogP contribution in [0.2, 0.25) is 5.02 Å². The molecule has 0 amide bonds. The summed E-state index contributed by atoms with van der Waals surface area (Å²) >= 11 is 5.95. The maximum absolute atomic E-state index is 13.0. The zero-order chi connectivity index (χ0) is 19.8. The molecule has 0 saturated carbocycles. The fraction of sp³-hybridized carbons (Fsp3) is 0.100. The smallest absolute Gasteiger partial charge is 0.268 e. The summed E-state index contributed by atoms with van der Waals surface area (Å²) in [5.41, 5.74) is -0.0155. The van der Waals surface area contributed by atoms with Crippen LogP contribution < -0.4 is 11.2 Å². The highest BCUT2D eigenvalue weighted by atomic mass is 35.5. The van der Waals surface area contributed by atoms with E-state index in [1.807, 2.05) is 0 Å². The minimum Gasteiger partial charge on any atom is -0.268 e. The van der Waals surface area contributed by atoms with E-state index in [0.717, 1.165) is 4.57 Å². The molecule has 2 aromatic heterocycles. The second-order valence-corrected chi connectivity index (χ2v) is 6.54. The topological polar surface area (TPSA) is 78.9 Å². The van der Waals surface area contributed by atoms with Gasteiger partial charge in [-0.1, -0.05) is 29.8 Å². The molecule has 0 atom stereocenters. The van der Waals surface area contributed by atoms with Crippen molar-refractivity contribution in [3.8, 4) is 5.69 Å². The lowest BCUT2D eigenvalue weighted by molar-refractivity contribution is 0.0964. The van der Waals surface area contributed by atoms with E-state index in [0.29, 0.717) is 16.3 Å². The molecule has 2 aromatic carbocycles. The molecule has 4 aromatic rings. The molecular weight excluding hydrogens is 380 g/mol. The van der Waals surface area contributed by atoms with E-state index in [4.69, 9.17) is 11.6 Å². The van der Waals surface area contributed by atoms with Gasteiger partial charge in [0.2, 0.25) is 0 Å². The van der Waals surface area contributed by atoms with Gasteiger partial charge in [0.15, 0.2) is 11.2 Å². The quantitative estimate of drug-likeness (QED) is 0.535. The SMILES string of the molecule is CCn1c(=O)c2c(ncn2C(=O)c2ccccc2)n(-c2ccc(Cl)cc2)c1=O. The molecule has 0 bridgehead atoms. The van der Waals surface area contributed by atoms with Gasteiger partial charge in [-0.05, 0) is 43.3 Å². The standard InChI is InChI=1S/C20H15ClN4O3/c1-2-23-19(27)16-17(25(20(23)28)15-10-8-14(21)9-11-15)22-12-24(16)18(26)13-6-4-3-5-7-13/h3-12H,2H2,1H3. The Hall–Kier alpha value is -3.45. The first-order chi connectivity index (χ1) is 13.5. The van der Waals surface area contributed by atoms with Crippen molar-refractivity contribution < 1.29 is 4.79 Å². The predicted octanol–water partition coefficient (Wildman–Crippen LogP) is 2.71. The van der Waals surface area contributed by atoms with Gasteiger partial charge in [0.05, 0.1) is 5.69 Å². The van der Waals surface area contributed by atoms with Crippen molar-refractivity contribution in [2.75, 3.05) is 0 Å². The molecule has 28 heavy (non-hydrogen) atoms. The maximum atomic E-state index is 13.0. The second-order valence-electron chi connectivity index (χ2n) is 6.10. The number of carbonyl (C=O) groups excluding carboxylic acids is 1. The van der Waals surface area contributed by atoms with Crippen LogP contribution in [-0.2, 0) is 6.54 Å². The first-order valence-corrected chi connectivity index (χ1v) is 8.99. The van der Waals surface area contributed by atoms with Gasteiger partial charge in [-0.15, -0.1) is 0 Å². The Labute approximate surface area is 164 Å². The fourth-order valence-electron chi connectivity index (χ4n) is 3.10. The van der Waals surface area contributed by atoms with Gasteiger partial charge in [-0.25, -0.2) is 14.3 Å². The summed E-state index contributed by atoms with van der Waals surface area (Å²) in [6, 6.07) is 15.2. The normalized spacial score (nSPS) is 11.1. The minimum absolute atomic E-state index is 0.0465. The highest BCUT2D eigenvalue weighted by Gasteiger charge is 2.21. The first-order valence-electron chi connectivity index (χ1n) is 8.61. The van der Waals surface area contributed by atoms with Crippen LogP contribution in [0.4, 0.5) is 0 Å². The molecular formula is C20H15ClN4O3. The van der Waals surface area contributed by atoms with E-state index in [1.54, 1.807) is 61.5 Å². The number of hydrogen-bond donors (Lipinski definition) is 0. The Balaban J connectivity index is 2.06. The average Bonchev–Trinajstić information content (AvgIpc) is 3.15. The van der Waals surface area contributed by atoms with E-state index < -0.39 is 17.2 Å². The molecule has 0 fully saturated rings. The number of hydrogen-bond acceptors (Lipinski definition) is 4. The van der Waals surface area contributed by atoms with Gasteiger partial charge in [0, 0.05) is 17.1 Å². The van der Waals surface area contributed by atoms with Gasteiger partial charge in [0.1, 0.15) is 6.33 Å². The highest BCUT2D eigenvalue weighted by molar-refractivity contribution is 6.30. The third-order valence-corrected chi connectivity index (χ3v) is 4.72. The Morgan fingerprint density at radius 2 is 1.71 bits per heavy atom. The van der Waals surface area contributed by atoms with E-state index in [1.165, 1.54) is 15.5 Å². The van der Waals surface area contributed by atoms with Crippen LogP contribution in [0.1, 0.15) is 17.3 Å². The van der Waals surface area contributed by atoms with Crippen LogP contribution in [0, 0.1) is 0 Å². The molecule has 0 aliphatic rings. The largest absolute Gasteiger partial charge is 0.337 e. The highest BCUT2D eigenvalue weighted by Crippen LogP contribution is 2.17. The molecule has 0 unspecified atom stereocenters. The fourth-order valence-corrected chi connectivity index (χ4v) is 3.23. The van der Waals surface area contributed by atoms with Crippen LogP contribution in [-0.4, -0.2) is 24.6 Å². The van der Waals surface area contributed by atoms with Crippen LogP contribution in [0.5, 0.6) is 0 Å². The Morgan fingerprint density at radius 3 is 2.36 bits per heavy atom. The number of imidazole rings is 1. The number of aromatic nitrogens is 4. The molecule has 0 saturated heterocycles. The van der Waals surface area contributed by atoms with Crippen LogP contribution in [0.15, 0.2) is 70.5 Å². The monoisotopic (exact) mass is 394 g/mol. The molecule has 140 valence electrons. The summed E-state index contributed by atoms with van der Waals surface area (Å²) in [4.78, 5) is 43.0. The van der Waals surface area contributed by atoms with Crippen molar-refractivity contribution >= 4 is 28.7 Å². The first kappa shape index (κ1) is 17.9. The molecule has 0 aliphatic heterocycles. The molecule has 0 radical (unpaired) electrons. The number of carbonyl (C=O) groups is 1. The van der Waals surface area contributed by atoms with Crippen LogP contribution in [0.25, 0.3) is 16.9 Å². The third kappa shape index (κ3) is 2.76.